The van der Waals surface area contributed by atoms with Crippen LogP contribution in [0.2, 0.25) is 10.0 Å². The number of benzene rings is 1. The SMILES string of the molecule is CC(CNc1ccc(N2CCN(C)CC2=O)c(-c2ccc(Cl)cc2Cl)n1)Nc1ccc([NH+]([O-])O)c(N)n1. The quantitative estimate of drug-likeness (QED) is 0.269. The molecule has 1 saturated heterocycles. The molecule has 0 radical (unpaired) electrons. The summed E-state index contributed by atoms with van der Waals surface area (Å²) in [6.07, 6.45) is 0. The van der Waals surface area contributed by atoms with Gasteiger partial charge in [-0.05, 0) is 50.4 Å². The maximum Gasteiger partial charge on any atom is 0.241 e. The van der Waals surface area contributed by atoms with E-state index in [-0.39, 0.29) is 23.5 Å². The summed E-state index contributed by atoms with van der Waals surface area (Å²) in [5.74, 6) is 0.981. The van der Waals surface area contributed by atoms with Crippen LogP contribution in [0.15, 0.2) is 42.5 Å². The molecule has 3 aromatic rings. The lowest BCUT2D eigenvalue weighted by atomic mass is 10.1. The largest absolute Gasteiger partial charge is 0.595 e. The Labute approximate surface area is 224 Å². The topological polar surface area (TPSA) is 147 Å². The van der Waals surface area contributed by atoms with Crippen molar-refractivity contribution in [3.63, 3.8) is 0 Å². The number of amides is 1. The fourth-order valence-corrected chi connectivity index (χ4v) is 4.49. The Kier molecular flexibility index (Phi) is 8.32. The molecule has 0 aliphatic carbocycles. The number of nitrogen functional groups attached to an aromatic ring is 1. The maximum atomic E-state index is 12.8. The zero-order chi connectivity index (χ0) is 26.7. The summed E-state index contributed by atoms with van der Waals surface area (Å²) in [7, 11) is 1.91. The lowest BCUT2D eigenvalue weighted by Gasteiger charge is -2.33. The average Bonchev–Trinajstić information content (AvgIpc) is 2.83. The minimum Gasteiger partial charge on any atom is -0.595 e. The summed E-state index contributed by atoms with van der Waals surface area (Å²) in [5, 5.41) is 26.5. The average molecular weight is 547 g/mol. The number of pyridine rings is 2. The molecular formula is C24H28Cl2N8O3. The van der Waals surface area contributed by atoms with Crippen molar-refractivity contribution in [2.75, 3.05) is 54.5 Å². The van der Waals surface area contributed by atoms with Crippen molar-refractivity contribution in [1.29, 1.82) is 0 Å². The van der Waals surface area contributed by atoms with Crippen LogP contribution in [-0.2, 0) is 4.79 Å². The number of likely N-dealkylation sites (N-methyl/N-ethyl adjacent to an activating group) is 1. The van der Waals surface area contributed by atoms with Crippen LogP contribution in [0.4, 0.5) is 28.8 Å². The zero-order valence-electron chi connectivity index (χ0n) is 20.3. The van der Waals surface area contributed by atoms with E-state index in [2.05, 4.69) is 15.6 Å². The number of nitrogens with zero attached hydrogens (tertiary/aromatic N) is 4. The van der Waals surface area contributed by atoms with E-state index >= 15 is 0 Å². The molecule has 0 saturated carbocycles. The Balaban J connectivity index is 1.55. The van der Waals surface area contributed by atoms with Crippen LogP contribution in [-0.4, -0.2) is 65.3 Å². The Bertz CT molecular complexity index is 1290. The molecule has 2 aromatic heterocycles. The number of halogens is 2. The van der Waals surface area contributed by atoms with E-state index in [0.29, 0.717) is 58.3 Å². The molecule has 37 heavy (non-hydrogen) atoms. The third-order valence-corrected chi connectivity index (χ3v) is 6.45. The van der Waals surface area contributed by atoms with Gasteiger partial charge in [0.05, 0.1) is 22.9 Å². The lowest BCUT2D eigenvalue weighted by Crippen LogP contribution is -2.99. The van der Waals surface area contributed by atoms with Gasteiger partial charge in [-0.3, -0.25) is 9.69 Å². The maximum absolute atomic E-state index is 12.8. The Morgan fingerprint density at radius 3 is 2.59 bits per heavy atom. The van der Waals surface area contributed by atoms with Gasteiger partial charge in [-0.15, -0.1) is 0 Å². The molecule has 1 aromatic carbocycles. The molecule has 11 nitrogen and oxygen atoms in total. The highest BCUT2D eigenvalue weighted by molar-refractivity contribution is 6.36. The fraction of sp³-hybridized carbons (Fsp3) is 0.292. The summed E-state index contributed by atoms with van der Waals surface area (Å²) in [4.78, 5) is 25.4. The number of quaternary nitrogens is 1. The summed E-state index contributed by atoms with van der Waals surface area (Å²) in [5.41, 5.74) is 7.61. The first-order valence-electron chi connectivity index (χ1n) is 11.6. The fourth-order valence-electron chi connectivity index (χ4n) is 3.99. The van der Waals surface area contributed by atoms with Crippen molar-refractivity contribution in [1.82, 2.24) is 14.9 Å². The Morgan fingerprint density at radius 2 is 1.92 bits per heavy atom. The van der Waals surface area contributed by atoms with E-state index in [1.54, 1.807) is 29.2 Å². The first-order valence-corrected chi connectivity index (χ1v) is 12.3. The molecule has 196 valence electrons. The van der Waals surface area contributed by atoms with E-state index in [4.69, 9.17) is 39.1 Å². The summed E-state index contributed by atoms with van der Waals surface area (Å²) in [6.45, 7) is 4.01. The van der Waals surface area contributed by atoms with Gasteiger partial charge in [0, 0.05) is 42.3 Å². The summed E-state index contributed by atoms with van der Waals surface area (Å²) < 4.78 is 0. The normalized spacial score (nSPS) is 15.9. The van der Waals surface area contributed by atoms with E-state index in [9.17, 15) is 10.0 Å². The first-order chi connectivity index (χ1) is 17.6. The van der Waals surface area contributed by atoms with Crippen LogP contribution < -0.4 is 26.5 Å². The smallest absolute Gasteiger partial charge is 0.241 e. The molecule has 1 aliphatic heterocycles. The van der Waals surface area contributed by atoms with Crippen LogP contribution >= 0.6 is 23.2 Å². The number of aromatic nitrogens is 2. The number of rotatable bonds is 8. The van der Waals surface area contributed by atoms with Crippen LogP contribution in [0.5, 0.6) is 0 Å². The van der Waals surface area contributed by atoms with Gasteiger partial charge in [-0.2, -0.15) is 5.23 Å². The highest BCUT2D eigenvalue weighted by Crippen LogP contribution is 2.37. The zero-order valence-corrected chi connectivity index (χ0v) is 21.8. The van der Waals surface area contributed by atoms with Gasteiger partial charge in [0.1, 0.15) is 11.6 Å². The second-order valence-corrected chi connectivity index (χ2v) is 9.68. The number of hydrogen-bond donors (Lipinski definition) is 5. The minimum absolute atomic E-state index is 0.0129. The van der Waals surface area contributed by atoms with Gasteiger partial charge in [-0.1, -0.05) is 23.2 Å². The van der Waals surface area contributed by atoms with Crippen molar-refractivity contribution in [3.05, 3.63) is 57.7 Å². The predicted octanol–water partition coefficient (Wildman–Crippen LogP) is 2.63. The van der Waals surface area contributed by atoms with Crippen molar-refractivity contribution in [2.24, 2.45) is 0 Å². The molecule has 1 fully saturated rings. The van der Waals surface area contributed by atoms with Crippen LogP contribution in [0.25, 0.3) is 11.3 Å². The molecule has 1 aliphatic rings. The second kappa shape index (κ2) is 11.5. The predicted molar refractivity (Wildman–Crippen MR) is 146 cm³/mol. The van der Waals surface area contributed by atoms with E-state index in [1.165, 1.54) is 6.07 Å². The molecule has 13 heteroatoms. The molecule has 6 N–H and O–H groups in total. The standard InChI is InChI=1S/C24H28Cl2N8O3/c1-14(29-21-8-6-19(34(36)37)24(27)31-21)12-28-20-7-5-18(33-10-9-32(2)13-22(33)35)23(30-20)16-4-3-15(25)11-17(16)26/h3-8,11,14,34,36H,9-10,12-13H2,1-2H3,(H,28,30)(H3,27,29,31). The van der Waals surface area contributed by atoms with Crippen molar-refractivity contribution < 1.29 is 15.2 Å². The van der Waals surface area contributed by atoms with E-state index < -0.39 is 5.23 Å². The monoisotopic (exact) mass is 546 g/mol. The number of piperazine rings is 1. The molecule has 4 rings (SSSR count). The van der Waals surface area contributed by atoms with E-state index in [0.717, 1.165) is 6.54 Å². The lowest BCUT2D eigenvalue weighted by molar-refractivity contribution is -0.990. The summed E-state index contributed by atoms with van der Waals surface area (Å²) in [6, 6.07) is 11.7. The van der Waals surface area contributed by atoms with Gasteiger partial charge >= 0.3 is 0 Å². The minimum atomic E-state index is -1.13. The van der Waals surface area contributed by atoms with Gasteiger partial charge in [0.25, 0.3) is 0 Å². The highest BCUT2D eigenvalue weighted by atomic mass is 35.5. The van der Waals surface area contributed by atoms with Gasteiger partial charge in [0.2, 0.25) is 11.6 Å². The number of nitrogens with two attached hydrogens (primary N) is 1. The van der Waals surface area contributed by atoms with Gasteiger partial charge < -0.3 is 26.5 Å². The first kappa shape index (κ1) is 26.9. The summed E-state index contributed by atoms with van der Waals surface area (Å²) >= 11 is 12.6. The number of carbonyl (C=O) groups is 1. The molecule has 2 atom stereocenters. The molecule has 3 heterocycles. The Morgan fingerprint density at radius 1 is 1.16 bits per heavy atom. The van der Waals surface area contributed by atoms with Crippen molar-refractivity contribution >= 4 is 57.9 Å². The van der Waals surface area contributed by atoms with E-state index in [1.807, 2.05) is 31.0 Å². The van der Waals surface area contributed by atoms with Crippen molar-refractivity contribution in [3.8, 4) is 11.3 Å². The molecular weight excluding hydrogens is 519 g/mol. The van der Waals surface area contributed by atoms with Gasteiger partial charge in [-0.25, -0.2) is 15.2 Å². The molecule has 1 amide bonds. The van der Waals surface area contributed by atoms with Crippen LogP contribution in [0.1, 0.15) is 6.92 Å². The van der Waals surface area contributed by atoms with Gasteiger partial charge in [0.15, 0.2) is 5.82 Å². The molecule has 0 bridgehead atoms. The number of carbonyl (C=O) groups excluding carboxylic acids is 1. The van der Waals surface area contributed by atoms with Crippen LogP contribution in [0, 0.1) is 5.21 Å². The number of nitrogens with one attached hydrogen (secondary N) is 3. The third kappa shape index (κ3) is 6.39. The molecule has 2 unspecified atom stereocenters. The third-order valence-electron chi connectivity index (χ3n) is 5.90. The van der Waals surface area contributed by atoms with Crippen LogP contribution in [0.3, 0.4) is 0 Å². The number of anilines is 4. The van der Waals surface area contributed by atoms with Crippen molar-refractivity contribution in [2.45, 2.75) is 13.0 Å². The highest BCUT2D eigenvalue weighted by Gasteiger charge is 2.26. The Hall–Kier alpha value is -3.19. The molecule has 0 spiro atoms. The second-order valence-electron chi connectivity index (χ2n) is 8.83. The number of hydrogen-bond acceptors (Lipinski definition) is 9.